The van der Waals surface area contributed by atoms with Gasteiger partial charge in [-0.25, -0.2) is 4.79 Å². The SMILES string of the molecule is COCOc1ccc(C(=O)O)cc1I. The fourth-order valence-corrected chi connectivity index (χ4v) is 1.54. The molecule has 4 nitrogen and oxygen atoms in total. The third-order valence-electron chi connectivity index (χ3n) is 1.51. The van der Waals surface area contributed by atoms with E-state index in [0.29, 0.717) is 5.75 Å². The molecule has 0 bridgehead atoms. The maximum Gasteiger partial charge on any atom is 0.335 e. The molecule has 14 heavy (non-hydrogen) atoms. The van der Waals surface area contributed by atoms with Crippen LogP contribution in [0.3, 0.4) is 0 Å². The second-order valence-corrected chi connectivity index (χ2v) is 3.66. The number of hydrogen-bond donors (Lipinski definition) is 1. The summed E-state index contributed by atoms with van der Waals surface area (Å²) in [6.07, 6.45) is 0. The van der Waals surface area contributed by atoms with Crippen LogP contribution in [0.2, 0.25) is 0 Å². The van der Waals surface area contributed by atoms with Gasteiger partial charge in [0.15, 0.2) is 6.79 Å². The van der Waals surface area contributed by atoms with E-state index < -0.39 is 5.97 Å². The summed E-state index contributed by atoms with van der Waals surface area (Å²) in [6, 6.07) is 4.66. The van der Waals surface area contributed by atoms with E-state index in [-0.39, 0.29) is 12.4 Å². The molecule has 0 aliphatic carbocycles. The number of halogens is 1. The molecule has 0 saturated heterocycles. The fraction of sp³-hybridized carbons (Fsp3) is 0.222. The largest absolute Gasteiger partial charge is 0.478 e. The predicted molar refractivity (Wildman–Crippen MR) is 58.6 cm³/mol. The average Bonchev–Trinajstić information content (AvgIpc) is 2.15. The molecule has 1 N–H and O–H groups in total. The lowest BCUT2D eigenvalue weighted by Gasteiger charge is -2.06. The molecule has 1 rings (SSSR count). The Hall–Kier alpha value is -0.820. The van der Waals surface area contributed by atoms with E-state index in [0.717, 1.165) is 3.57 Å². The highest BCUT2D eigenvalue weighted by Crippen LogP contribution is 2.21. The predicted octanol–water partition coefficient (Wildman–Crippen LogP) is 1.97. The van der Waals surface area contributed by atoms with Gasteiger partial charge in [-0.1, -0.05) is 0 Å². The van der Waals surface area contributed by atoms with Gasteiger partial charge in [0, 0.05) is 7.11 Å². The van der Waals surface area contributed by atoms with Crippen molar-refractivity contribution < 1.29 is 19.4 Å². The number of aromatic carboxylic acids is 1. The third-order valence-corrected chi connectivity index (χ3v) is 2.35. The summed E-state index contributed by atoms with van der Waals surface area (Å²) in [5.74, 6) is -0.321. The molecule has 0 fully saturated rings. The van der Waals surface area contributed by atoms with E-state index in [9.17, 15) is 4.79 Å². The minimum Gasteiger partial charge on any atom is -0.478 e. The van der Waals surface area contributed by atoms with Gasteiger partial charge in [0.05, 0.1) is 9.13 Å². The second-order valence-electron chi connectivity index (χ2n) is 2.50. The Labute approximate surface area is 95.0 Å². The molecule has 1 aromatic carbocycles. The number of carboxylic acids is 1. The van der Waals surface area contributed by atoms with E-state index >= 15 is 0 Å². The number of hydrogen-bond acceptors (Lipinski definition) is 3. The minimum absolute atomic E-state index is 0.155. The molecule has 0 aliphatic rings. The first-order chi connectivity index (χ1) is 6.65. The highest BCUT2D eigenvalue weighted by atomic mass is 127. The van der Waals surface area contributed by atoms with Crippen LogP contribution in [0, 0.1) is 3.57 Å². The van der Waals surface area contributed by atoms with Crippen LogP contribution in [0.25, 0.3) is 0 Å². The summed E-state index contributed by atoms with van der Waals surface area (Å²) >= 11 is 2.02. The number of rotatable bonds is 4. The summed E-state index contributed by atoms with van der Waals surface area (Å²) in [6.45, 7) is 0.155. The Bertz CT molecular complexity index is 338. The maximum absolute atomic E-state index is 10.6. The van der Waals surface area contributed by atoms with Crippen LogP contribution in [0.1, 0.15) is 10.4 Å². The van der Waals surface area contributed by atoms with Crippen molar-refractivity contribution in [2.24, 2.45) is 0 Å². The Balaban J connectivity index is 2.84. The average molecular weight is 308 g/mol. The van der Waals surface area contributed by atoms with Crippen molar-refractivity contribution in [2.45, 2.75) is 0 Å². The number of carbonyl (C=O) groups is 1. The maximum atomic E-state index is 10.6. The van der Waals surface area contributed by atoms with Crippen molar-refractivity contribution in [2.75, 3.05) is 13.9 Å². The van der Waals surface area contributed by atoms with Crippen LogP contribution in [0.5, 0.6) is 5.75 Å². The zero-order valence-electron chi connectivity index (χ0n) is 7.49. The molecule has 76 valence electrons. The van der Waals surface area contributed by atoms with Crippen molar-refractivity contribution in [1.29, 1.82) is 0 Å². The van der Waals surface area contributed by atoms with Crippen LogP contribution in [-0.2, 0) is 4.74 Å². The zero-order chi connectivity index (χ0) is 10.6. The monoisotopic (exact) mass is 308 g/mol. The Morgan fingerprint density at radius 1 is 1.57 bits per heavy atom. The van der Waals surface area contributed by atoms with Gasteiger partial charge in [-0.3, -0.25) is 0 Å². The lowest BCUT2D eigenvalue weighted by Crippen LogP contribution is -2.02. The standard InChI is InChI=1S/C9H9IO4/c1-13-5-14-8-3-2-6(9(11)12)4-7(8)10/h2-4H,5H2,1H3,(H,11,12). The van der Waals surface area contributed by atoms with Crippen LogP contribution in [0.4, 0.5) is 0 Å². The van der Waals surface area contributed by atoms with Gasteiger partial charge < -0.3 is 14.6 Å². The first kappa shape index (κ1) is 11.3. The van der Waals surface area contributed by atoms with E-state index in [2.05, 4.69) is 0 Å². The van der Waals surface area contributed by atoms with E-state index in [1.54, 1.807) is 12.1 Å². The molecular formula is C9H9IO4. The zero-order valence-corrected chi connectivity index (χ0v) is 9.65. The summed E-state index contributed by atoms with van der Waals surface area (Å²) < 4.78 is 10.7. The van der Waals surface area contributed by atoms with Crippen molar-refractivity contribution in [3.63, 3.8) is 0 Å². The van der Waals surface area contributed by atoms with Crippen LogP contribution in [-0.4, -0.2) is 25.0 Å². The van der Waals surface area contributed by atoms with E-state index in [1.807, 2.05) is 22.6 Å². The Kier molecular flexibility index (Phi) is 4.15. The third kappa shape index (κ3) is 2.85. The van der Waals surface area contributed by atoms with Gasteiger partial charge >= 0.3 is 5.97 Å². The van der Waals surface area contributed by atoms with Gasteiger partial charge in [-0.05, 0) is 40.8 Å². The summed E-state index contributed by atoms with van der Waals surface area (Å²) in [5, 5.41) is 8.71. The Morgan fingerprint density at radius 2 is 2.29 bits per heavy atom. The molecule has 0 aliphatic heterocycles. The van der Waals surface area contributed by atoms with Crippen molar-refractivity contribution in [3.8, 4) is 5.75 Å². The van der Waals surface area contributed by atoms with Gasteiger partial charge in [0.2, 0.25) is 0 Å². The van der Waals surface area contributed by atoms with Crippen molar-refractivity contribution in [1.82, 2.24) is 0 Å². The van der Waals surface area contributed by atoms with E-state index in [4.69, 9.17) is 14.6 Å². The normalized spacial score (nSPS) is 9.86. The molecule has 0 heterocycles. The molecule has 0 spiro atoms. The smallest absolute Gasteiger partial charge is 0.335 e. The molecule has 1 aromatic rings. The minimum atomic E-state index is -0.943. The molecule has 0 radical (unpaired) electrons. The molecule has 5 heteroatoms. The summed E-state index contributed by atoms with van der Waals surface area (Å²) in [7, 11) is 1.53. The first-order valence-corrected chi connectivity index (χ1v) is 4.87. The Morgan fingerprint density at radius 3 is 2.79 bits per heavy atom. The number of ether oxygens (including phenoxy) is 2. The molecule has 0 saturated carbocycles. The molecular weight excluding hydrogens is 299 g/mol. The highest BCUT2D eigenvalue weighted by Gasteiger charge is 2.06. The van der Waals surface area contributed by atoms with E-state index in [1.165, 1.54) is 13.2 Å². The topological polar surface area (TPSA) is 55.8 Å². The van der Waals surface area contributed by atoms with Crippen LogP contribution < -0.4 is 4.74 Å². The fourth-order valence-electron chi connectivity index (χ4n) is 0.873. The van der Waals surface area contributed by atoms with Crippen LogP contribution in [0.15, 0.2) is 18.2 Å². The quantitative estimate of drug-likeness (QED) is 0.682. The van der Waals surface area contributed by atoms with Gasteiger partial charge in [-0.15, -0.1) is 0 Å². The number of methoxy groups -OCH3 is 1. The molecule has 0 amide bonds. The first-order valence-electron chi connectivity index (χ1n) is 3.79. The van der Waals surface area contributed by atoms with Gasteiger partial charge in [0.1, 0.15) is 5.75 Å². The molecule has 0 aromatic heterocycles. The van der Waals surface area contributed by atoms with Crippen LogP contribution >= 0.6 is 22.6 Å². The molecule has 0 atom stereocenters. The lowest BCUT2D eigenvalue weighted by molar-refractivity contribution is 0.0505. The highest BCUT2D eigenvalue weighted by molar-refractivity contribution is 14.1. The van der Waals surface area contributed by atoms with Gasteiger partial charge in [0.25, 0.3) is 0 Å². The lowest BCUT2D eigenvalue weighted by atomic mass is 10.2. The summed E-state index contributed by atoms with van der Waals surface area (Å²) in [4.78, 5) is 10.6. The molecule has 0 unspecified atom stereocenters. The second kappa shape index (κ2) is 5.16. The summed E-state index contributed by atoms with van der Waals surface area (Å²) in [5.41, 5.74) is 0.249. The van der Waals surface area contributed by atoms with Crippen molar-refractivity contribution in [3.05, 3.63) is 27.3 Å². The van der Waals surface area contributed by atoms with Gasteiger partial charge in [-0.2, -0.15) is 0 Å². The number of carboxylic acid groups (broad SMARTS) is 1. The number of benzene rings is 1. The van der Waals surface area contributed by atoms with Crippen molar-refractivity contribution >= 4 is 28.6 Å².